The Morgan fingerprint density at radius 1 is 1.39 bits per heavy atom. The Bertz CT molecular complexity index is 503. The maximum Gasteiger partial charge on any atom is 0.149 e. The molecule has 0 aliphatic carbocycles. The van der Waals surface area contributed by atoms with E-state index >= 15 is 0 Å². The van der Waals surface area contributed by atoms with Crippen LogP contribution in [0.4, 0.5) is 5.69 Å². The van der Waals surface area contributed by atoms with Gasteiger partial charge in [-0.2, -0.15) is 0 Å². The molecule has 0 amide bonds. The first-order chi connectivity index (χ1) is 8.33. The number of hydrogen-bond acceptors (Lipinski definition) is 4. The SMILES string of the molecule is CN(CCS(C)(=O)=O)c1cc(Cl)ccc1CCN. The third kappa shape index (κ3) is 4.84. The van der Waals surface area contributed by atoms with Gasteiger partial charge in [0.05, 0.1) is 5.75 Å². The van der Waals surface area contributed by atoms with E-state index in [0.717, 1.165) is 17.7 Å². The molecule has 0 spiro atoms. The summed E-state index contributed by atoms with van der Waals surface area (Å²) in [5, 5.41) is 0.636. The van der Waals surface area contributed by atoms with Crippen LogP contribution in [0, 0.1) is 0 Å². The Hall–Kier alpha value is -0.780. The third-order valence-corrected chi connectivity index (χ3v) is 3.83. The van der Waals surface area contributed by atoms with E-state index in [1.54, 1.807) is 0 Å². The molecule has 0 saturated heterocycles. The van der Waals surface area contributed by atoms with Gasteiger partial charge in [0.1, 0.15) is 9.84 Å². The van der Waals surface area contributed by atoms with Crippen molar-refractivity contribution in [3.8, 4) is 0 Å². The van der Waals surface area contributed by atoms with Crippen LogP contribution in [0.25, 0.3) is 0 Å². The minimum Gasteiger partial charge on any atom is -0.373 e. The maximum absolute atomic E-state index is 11.2. The molecule has 2 N–H and O–H groups in total. The van der Waals surface area contributed by atoms with E-state index in [1.165, 1.54) is 6.26 Å². The van der Waals surface area contributed by atoms with Crippen molar-refractivity contribution in [2.24, 2.45) is 5.73 Å². The monoisotopic (exact) mass is 290 g/mol. The van der Waals surface area contributed by atoms with Crippen molar-refractivity contribution in [2.45, 2.75) is 6.42 Å². The second kappa shape index (κ2) is 6.41. The number of hydrogen-bond donors (Lipinski definition) is 1. The molecule has 0 aromatic heterocycles. The van der Waals surface area contributed by atoms with Gasteiger partial charge in [0.25, 0.3) is 0 Å². The predicted molar refractivity (Wildman–Crippen MR) is 77.2 cm³/mol. The highest BCUT2D eigenvalue weighted by Gasteiger charge is 2.10. The molecule has 18 heavy (non-hydrogen) atoms. The van der Waals surface area contributed by atoms with E-state index in [0.29, 0.717) is 18.1 Å². The molecule has 0 heterocycles. The van der Waals surface area contributed by atoms with Crippen molar-refractivity contribution in [1.29, 1.82) is 0 Å². The average molecular weight is 291 g/mol. The molecule has 0 saturated carbocycles. The van der Waals surface area contributed by atoms with Crippen LogP contribution in [-0.2, 0) is 16.3 Å². The van der Waals surface area contributed by atoms with Gasteiger partial charge >= 0.3 is 0 Å². The van der Waals surface area contributed by atoms with Crippen molar-refractivity contribution in [1.82, 2.24) is 0 Å². The number of nitrogens with zero attached hydrogens (tertiary/aromatic N) is 1. The molecule has 0 atom stereocenters. The molecule has 1 aromatic carbocycles. The van der Waals surface area contributed by atoms with Gasteiger partial charge in [0.15, 0.2) is 0 Å². The van der Waals surface area contributed by atoms with Crippen molar-refractivity contribution in [3.63, 3.8) is 0 Å². The molecule has 1 aromatic rings. The van der Waals surface area contributed by atoms with E-state index in [4.69, 9.17) is 17.3 Å². The van der Waals surface area contributed by atoms with Gasteiger partial charge in [0, 0.05) is 30.6 Å². The minimum absolute atomic E-state index is 0.123. The standard InChI is InChI=1S/C12H19ClN2O2S/c1-15(7-8-18(2,16)17)12-9-11(13)4-3-10(12)5-6-14/h3-4,9H,5-8,14H2,1-2H3. The van der Waals surface area contributed by atoms with E-state index < -0.39 is 9.84 Å². The van der Waals surface area contributed by atoms with Gasteiger partial charge in [-0.3, -0.25) is 0 Å². The van der Waals surface area contributed by atoms with E-state index in [1.807, 2.05) is 30.1 Å². The molecule has 102 valence electrons. The van der Waals surface area contributed by atoms with Crippen LogP contribution in [0.15, 0.2) is 18.2 Å². The van der Waals surface area contributed by atoms with E-state index in [9.17, 15) is 8.42 Å². The van der Waals surface area contributed by atoms with Gasteiger partial charge in [-0.05, 0) is 30.7 Å². The quantitative estimate of drug-likeness (QED) is 0.858. The number of benzene rings is 1. The lowest BCUT2D eigenvalue weighted by Gasteiger charge is -2.22. The number of anilines is 1. The minimum atomic E-state index is -2.96. The zero-order valence-corrected chi connectivity index (χ0v) is 12.3. The predicted octanol–water partition coefficient (Wildman–Crippen LogP) is 1.32. The summed E-state index contributed by atoms with van der Waals surface area (Å²) in [4.78, 5) is 1.90. The summed E-state index contributed by atoms with van der Waals surface area (Å²) < 4.78 is 22.3. The van der Waals surface area contributed by atoms with Crippen LogP contribution in [0.5, 0.6) is 0 Å². The van der Waals surface area contributed by atoms with Crippen molar-refractivity contribution < 1.29 is 8.42 Å². The number of sulfone groups is 1. The fraction of sp³-hybridized carbons (Fsp3) is 0.500. The number of nitrogens with two attached hydrogens (primary N) is 1. The molecule has 4 nitrogen and oxygen atoms in total. The largest absolute Gasteiger partial charge is 0.373 e. The molecular formula is C12H19ClN2O2S. The lowest BCUT2D eigenvalue weighted by molar-refractivity contribution is 0.601. The smallest absolute Gasteiger partial charge is 0.149 e. The highest BCUT2D eigenvalue weighted by molar-refractivity contribution is 7.90. The summed E-state index contributed by atoms with van der Waals surface area (Å²) in [6.07, 6.45) is 1.98. The molecule has 0 unspecified atom stereocenters. The zero-order valence-electron chi connectivity index (χ0n) is 10.7. The van der Waals surface area contributed by atoms with E-state index in [2.05, 4.69) is 0 Å². The third-order valence-electron chi connectivity index (χ3n) is 2.67. The van der Waals surface area contributed by atoms with Gasteiger partial charge in [-0.25, -0.2) is 8.42 Å². The van der Waals surface area contributed by atoms with Crippen molar-refractivity contribution in [2.75, 3.05) is 37.0 Å². The summed E-state index contributed by atoms with van der Waals surface area (Å²) in [6.45, 7) is 0.991. The van der Waals surface area contributed by atoms with Crippen LogP contribution >= 0.6 is 11.6 Å². The molecule has 0 bridgehead atoms. The fourth-order valence-corrected chi connectivity index (χ4v) is 2.45. The molecule has 6 heteroatoms. The summed E-state index contributed by atoms with van der Waals surface area (Å²) >= 11 is 5.97. The molecule has 1 rings (SSSR count). The summed E-state index contributed by atoms with van der Waals surface area (Å²) in [7, 11) is -1.10. The van der Waals surface area contributed by atoms with Gasteiger partial charge < -0.3 is 10.6 Å². The fourth-order valence-electron chi connectivity index (χ4n) is 1.68. The molecular weight excluding hydrogens is 272 g/mol. The second-order valence-electron chi connectivity index (χ2n) is 4.36. The Balaban J connectivity index is 2.89. The van der Waals surface area contributed by atoms with Crippen molar-refractivity contribution >= 4 is 27.1 Å². The van der Waals surface area contributed by atoms with Gasteiger partial charge in [0.2, 0.25) is 0 Å². The normalized spacial score (nSPS) is 11.6. The summed E-state index contributed by atoms with van der Waals surface area (Å²) in [6, 6.07) is 5.59. The Kier molecular flexibility index (Phi) is 5.44. The topological polar surface area (TPSA) is 63.4 Å². The maximum atomic E-state index is 11.2. The first-order valence-electron chi connectivity index (χ1n) is 5.71. The lowest BCUT2D eigenvalue weighted by Crippen LogP contribution is -2.26. The molecule has 0 aliphatic rings. The van der Waals surface area contributed by atoms with Gasteiger partial charge in [-0.1, -0.05) is 17.7 Å². The van der Waals surface area contributed by atoms with Crippen LogP contribution < -0.4 is 10.6 Å². The zero-order chi connectivity index (χ0) is 13.8. The number of halogens is 1. The molecule has 0 radical (unpaired) electrons. The Morgan fingerprint density at radius 3 is 2.61 bits per heavy atom. The molecule has 0 fully saturated rings. The average Bonchev–Trinajstić information content (AvgIpc) is 2.27. The highest BCUT2D eigenvalue weighted by Crippen LogP contribution is 2.24. The highest BCUT2D eigenvalue weighted by atomic mass is 35.5. The number of rotatable bonds is 6. The first-order valence-corrected chi connectivity index (χ1v) is 8.14. The first kappa shape index (κ1) is 15.3. The Labute approximate surface area is 114 Å². The van der Waals surface area contributed by atoms with Crippen LogP contribution in [0.3, 0.4) is 0 Å². The summed E-state index contributed by atoms with van der Waals surface area (Å²) in [5.74, 6) is 0.123. The summed E-state index contributed by atoms with van der Waals surface area (Å²) in [5.41, 5.74) is 7.59. The van der Waals surface area contributed by atoms with Crippen LogP contribution in [0.2, 0.25) is 5.02 Å². The lowest BCUT2D eigenvalue weighted by atomic mass is 10.1. The van der Waals surface area contributed by atoms with Crippen LogP contribution in [-0.4, -0.2) is 40.6 Å². The van der Waals surface area contributed by atoms with Crippen molar-refractivity contribution in [3.05, 3.63) is 28.8 Å². The van der Waals surface area contributed by atoms with Crippen LogP contribution in [0.1, 0.15) is 5.56 Å². The molecule has 0 aliphatic heterocycles. The van der Waals surface area contributed by atoms with E-state index in [-0.39, 0.29) is 5.75 Å². The Morgan fingerprint density at radius 2 is 2.06 bits per heavy atom. The second-order valence-corrected chi connectivity index (χ2v) is 7.06. The van der Waals surface area contributed by atoms with Gasteiger partial charge in [-0.15, -0.1) is 0 Å².